The zero-order valence-electron chi connectivity index (χ0n) is 11.1. The van der Waals surface area contributed by atoms with Crippen LogP contribution < -0.4 is 15.4 Å². The SMILES string of the molecule is CN/C(C#Cc1ccc2c(c1)NC(=O)CCO2)=C\C=N. The van der Waals surface area contributed by atoms with Gasteiger partial charge in [0.25, 0.3) is 0 Å². The van der Waals surface area contributed by atoms with E-state index in [1.54, 1.807) is 25.3 Å². The van der Waals surface area contributed by atoms with Gasteiger partial charge in [-0.3, -0.25) is 4.79 Å². The molecule has 5 nitrogen and oxygen atoms in total. The number of carbonyl (C=O) groups is 1. The molecule has 0 fully saturated rings. The first-order chi connectivity index (χ1) is 9.72. The van der Waals surface area contributed by atoms with Crippen molar-refractivity contribution in [2.75, 3.05) is 19.0 Å². The maximum atomic E-state index is 11.5. The quantitative estimate of drug-likeness (QED) is 0.563. The van der Waals surface area contributed by atoms with Gasteiger partial charge >= 0.3 is 0 Å². The Morgan fingerprint density at radius 2 is 2.40 bits per heavy atom. The molecule has 1 aliphatic rings. The fourth-order valence-corrected chi connectivity index (χ4v) is 1.71. The summed E-state index contributed by atoms with van der Waals surface area (Å²) in [6, 6.07) is 5.41. The molecule has 0 radical (unpaired) electrons. The van der Waals surface area contributed by atoms with Crippen molar-refractivity contribution in [3.05, 3.63) is 35.5 Å². The van der Waals surface area contributed by atoms with Gasteiger partial charge in [0, 0.05) is 18.8 Å². The van der Waals surface area contributed by atoms with Gasteiger partial charge in [0.05, 0.1) is 24.4 Å². The number of rotatable bonds is 2. The highest BCUT2D eigenvalue weighted by Gasteiger charge is 2.13. The van der Waals surface area contributed by atoms with E-state index in [1.807, 2.05) is 6.07 Å². The van der Waals surface area contributed by atoms with Gasteiger partial charge in [-0.2, -0.15) is 0 Å². The van der Waals surface area contributed by atoms with Crippen LogP contribution in [0.15, 0.2) is 30.0 Å². The highest BCUT2D eigenvalue weighted by Crippen LogP contribution is 2.27. The predicted octanol–water partition coefficient (Wildman–Crippen LogP) is 1.51. The number of hydrogen-bond donors (Lipinski definition) is 3. The number of ether oxygens (including phenoxy) is 1. The molecule has 1 amide bonds. The third kappa shape index (κ3) is 3.39. The highest BCUT2D eigenvalue weighted by atomic mass is 16.5. The van der Waals surface area contributed by atoms with Crippen LogP contribution in [-0.2, 0) is 4.79 Å². The number of carbonyl (C=O) groups excluding carboxylic acids is 1. The summed E-state index contributed by atoms with van der Waals surface area (Å²) in [5.41, 5.74) is 2.05. The van der Waals surface area contributed by atoms with Crippen molar-refractivity contribution in [1.29, 1.82) is 5.41 Å². The molecule has 0 spiro atoms. The molecule has 0 saturated heterocycles. The van der Waals surface area contributed by atoms with E-state index in [1.165, 1.54) is 6.21 Å². The van der Waals surface area contributed by atoms with Crippen LogP contribution in [-0.4, -0.2) is 25.8 Å². The minimum atomic E-state index is -0.0616. The van der Waals surface area contributed by atoms with Gasteiger partial charge in [-0.05, 0) is 30.2 Å². The van der Waals surface area contributed by atoms with E-state index in [-0.39, 0.29) is 5.91 Å². The molecule has 0 aromatic heterocycles. The molecule has 5 heteroatoms. The van der Waals surface area contributed by atoms with E-state index in [0.29, 0.717) is 30.2 Å². The van der Waals surface area contributed by atoms with Crippen LogP contribution in [0.2, 0.25) is 0 Å². The number of amides is 1. The van der Waals surface area contributed by atoms with E-state index in [9.17, 15) is 4.79 Å². The Labute approximate surface area is 117 Å². The van der Waals surface area contributed by atoms with E-state index in [0.717, 1.165) is 5.56 Å². The third-order valence-corrected chi connectivity index (χ3v) is 2.70. The van der Waals surface area contributed by atoms with Crippen LogP contribution in [0.1, 0.15) is 12.0 Å². The first-order valence-electron chi connectivity index (χ1n) is 6.20. The Bertz CT molecular complexity index is 624. The summed E-state index contributed by atoms with van der Waals surface area (Å²) < 4.78 is 5.47. The molecule has 1 aliphatic heterocycles. The van der Waals surface area contributed by atoms with Gasteiger partial charge < -0.3 is 20.8 Å². The van der Waals surface area contributed by atoms with E-state index >= 15 is 0 Å². The topological polar surface area (TPSA) is 74.2 Å². The molecular weight excluding hydrogens is 254 g/mol. The Morgan fingerprint density at radius 3 is 3.15 bits per heavy atom. The lowest BCUT2D eigenvalue weighted by Gasteiger charge is -2.06. The van der Waals surface area contributed by atoms with Crippen LogP contribution in [0, 0.1) is 17.3 Å². The molecule has 3 N–H and O–H groups in total. The van der Waals surface area contributed by atoms with Gasteiger partial charge in [-0.1, -0.05) is 5.92 Å². The maximum Gasteiger partial charge on any atom is 0.227 e. The second kappa shape index (κ2) is 6.43. The highest BCUT2D eigenvalue weighted by molar-refractivity contribution is 5.93. The number of benzene rings is 1. The molecule has 2 rings (SSSR count). The smallest absolute Gasteiger partial charge is 0.227 e. The average molecular weight is 269 g/mol. The van der Waals surface area contributed by atoms with Crippen molar-refractivity contribution in [3.63, 3.8) is 0 Å². The molecule has 20 heavy (non-hydrogen) atoms. The van der Waals surface area contributed by atoms with Crippen LogP contribution in [0.25, 0.3) is 0 Å². The van der Waals surface area contributed by atoms with Crippen molar-refractivity contribution >= 4 is 17.8 Å². The normalized spacial score (nSPS) is 13.8. The molecule has 0 aliphatic carbocycles. The van der Waals surface area contributed by atoms with E-state index in [2.05, 4.69) is 22.5 Å². The van der Waals surface area contributed by atoms with Crippen LogP contribution in [0.4, 0.5) is 5.69 Å². The lowest BCUT2D eigenvalue weighted by molar-refractivity contribution is -0.116. The number of hydrogen-bond acceptors (Lipinski definition) is 4. The van der Waals surface area contributed by atoms with Gasteiger partial charge in [-0.15, -0.1) is 0 Å². The van der Waals surface area contributed by atoms with Crippen molar-refractivity contribution < 1.29 is 9.53 Å². The molecule has 0 saturated carbocycles. The van der Waals surface area contributed by atoms with Crippen molar-refractivity contribution in [2.45, 2.75) is 6.42 Å². The standard InChI is InChI=1S/C15H15N3O2/c1-17-12(6-8-16)4-2-11-3-5-14-13(10-11)18-15(19)7-9-20-14/h3,5-6,8,10,16-17H,7,9H2,1H3,(H,18,19)/b12-6-,16-8?. The average Bonchev–Trinajstić information content (AvgIpc) is 2.63. The number of nitrogens with one attached hydrogen (secondary N) is 3. The monoisotopic (exact) mass is 269 g/mol. The van der Waals surface area contributed by atoms with Crippen LogP contribution in [0.5, 0.6) is 5.75 Å². The molecule has 0 bridgehead atoms. The van der Waals surface area contributed by atoms with Gasteiger partial charge in [0.1, 0.15) is 5.75 Å². The largest absolute Gasteiger partial charge is 0.491 e. The molecule has 0 atom stereocenters. The lowest BCUT2D eigenvalue weighted by Crippen LogP contribution is -2.10. The van der Waals surface area contributed by atoms with Crippen molar-refractivity contribution in [3.8, 4) is 17.6 Å². The number of allylic oxidation sites excluding steroid dienone is 2. The molecule has 1 heterocycles. The van der Waals surface area contributed by atoms with E-state index in [4.69, 9.17) is 10.1 Å². The zero-order valence-corrected chi connectivity index (χ0v) is 11.1. The molecule has 1 aromatic carbocycles. The molecule has 1 aromatic rings. The zero-order chi connectivity index (χ0) is 14.4. The maximum absolute atomic E-state index is 11.5. The Balaban J connectivity index is 2.27. The molecule has 102 valence electrons. The van der Waals surface area contributed by atoms with Gasteiger partial charge in [0.15, 0.2) is 0 Å². The van der Waals surface area contributed by atoms with Crippen molar-refractivity contribution in [2.24, 2.45) is 0 Å². The summed E-state index contributed by atoms with van der Waals surface area (Å²) in [7, 11) is 1.75. The fraction of sp³-hybridized carbons (Fsp3) is 0.200. The molecule has 0 unspecified atom stereocenters. The summed E-state index contributed by atoms with van der Waals surface area (Å²) in [4.78, 5) is 11.5. The summed E-state index contributed by atoms with van der Waals surface area (Å²) in [6.07, 6.45) is 3.09. The second-order valence-corrected chi connectivity index (χ2v) is 4.10. The Kier molecular flexibility index (Phi) is 4.40. The number of anilines is 1. The fourth-order valence-electron chi connectivity index (χ4n) is 1.71. The Hall–Kier alpha value is -2.74. The molecular formula is C15H15N3O2. The first-order valence-corrected chi connectivity index (χ1v) is 6.20. The van der Waals surface area contributed by atoms with Gasteiger partial charge in [0.2, 0.25) is 5.91 Å². The summed E-state index contributed by atoms with van der Waals surface area (Å²) in [5, 5.41) is 12.7. The summed E-state index contributed by atoms with van der Waals surface area (Å²) in [6.45, 7) is 0.385. The summed E-state index contributed by atoms with van der Waals surface area (Å²) in [5.74, 6) is 6.49. The third-order valence-electron chi connectivity index (χ3n) is 2.70. The number of fused-ring (bicyclic) bond motifs is 1. The lowest BCUT2D eigenvalue weighted by atomic mass is 10.2. The second-order valence-electron chi connectivity index (χ2n) is 4.10. The Morgan fingerprint density at radius 1 is 1.55 bits per heavy atom. The first kappa shape index (κ1) is 13.7. The van der Waals surface area contributed by atoms with Gasteiger partial charge in [-0.25, -0.2) is 0 Å². The minimum Gasteiger partial charge on any atom is -0.491 e. The van der Waals surface area contributed by atoms with Crippen LogP contribution >= 0.6 is 0 Å². The predicted molar refractivity (Wildman–Crippen MR) is 78.0 cm³/mol. The summed E-state index contributed by atoms with van der Waals surface area (Å²) >= 11 is 0. The van der Waals surface area contributed by atoms with Crippen LogP contribution in [0.3, 0.4) is 0 Å². The van der Waals surface area contributed by atoms with Crippen molar-refractivity contribution in [1.82, 2.24) is 5.32 Å². The van der Waals surface area contributed by atoms with E-state index < -0.39 is 0 Å². The minimum absolute atomic E-state index is 0.0616.